The number of carbonyl (C=O) groups is 1. The van der Waals surface area contributed by atoms with Gasteiger partial charge in [0.2, 0.25) is 5.91 Å². The Labute approximate surface area is 130 Å². The van der Waals surface area contributed by atoms with Crippen molar-refractivity contribution in [2.24, 2.45) is 0 Å². The van der Waals surface area contributed by atoms with Gasteiger partial charge in [-0.2, -0.15) is 0 Å². The first kappa shape index (κ1) is 14.9. The quantitative estimate of drug-likeness (QED) is 0.841. The zero-order chi connectivity index (χ0) is 14.7. The molecule has 1 aromatic carbocycles. The van der Waals surface area contributed by atoms with Crippen LogP contribution in [0.5, 0.6) is 0 Å². The summed E-state index contributed by atoms with van der Waals surface area (Å²) in [6, 6.07) is 6.51. The Morgan fingerprint density at radius 1 is 1.19 bits per heavy atom. The summed E-state index contributed by atoms with van der Waals surface area (Å²) >= 11 is 1.59. The molecule has 2 atom stereocenters. The van der Waals surface area contributed by atoms with E-state index >= 15 is 0 Å². The Balaban J connectivity index is 1.49. The minimum atomic E-state index is -0.368. The fourth-order valence-corrected chi connectivity index (χ4v) is 4.09. The molecule has 114 valence electrons. The molecule has 2 N–H and O–H groups in total. The molecule has 0 radical (unpaired) electrons. The van der Waals surface area contributed by atoms with Gasteiger partial charge in [0.25, 0.3) is 0 Å². The van der Waals surface area contributed by atoms with Crippen molar-refractivity contribution in [1.82, 2.24) is 5.32 Å². The molecule has 0 heterocycles. The summed E-state index contributed by atoms with van der Waals surface area (Å²) in [4.78, 5) is 13.2. The van der Waals surface area contributed by atoms with Crippen LogP contribution in [-0.2, 0) is 17.6 Å². The largest absolute Gasteiger partial charge is 0.391 e. The molecule has 0 saturated heterocycles. The van der Waals surface area contributed by atoms with E-state index in [2.05, 4.69) is 23.5 Å². The average Bonchev–Trinajstić information content (AvgIpc) is 2.95. The van der Waals surface area contributed by atoms with E-state index in [4.69, 9.17) is 0 Å². The van der Waals surface area contributed by atoms with Gasteiger partial charge in [0.05, 0.1) is 17.9 Å². The number of aliphatic hydroxyl groups is 1. The van der Waals surface area contributed by atoms with Crippen LogP contribution in [0.4, 0.5) is 0 Å². The predicted octanol–water partition coefficient (Wildman–Crippen LogP) is 2.69. The summed E-state index contributed by atoms with van der Waals surface area (Å²) in [5, 5.41) is 12.9. The molecular weight excluding hydrogens is 282 g/mol. The van der Waals surface area contributed by atoms with Crippen molar-refractivity contribution in [2.45, 2.75) is 62.0 Å². The van der Waals surface area contributed by atoms with E-state index in [1.54, 1.807) is 11.8 Å². The normalized spacial score (nSPS) is 24.6. The van der Waals surface area contributed by atoms with Crippen LogP contribution in [0.3, 0.4) is 0 Å². The molecule has 4 heteroatoms. The standard InChI is InChI=1S/C17H23NO2S/c19-16-7-2-1-6-15(16)18-17(20)11-21-14-9-8-12-4-3-5-13(12)10-14/h8-10,15-16,19H,1-7,11H2,(H,18,20). The Bertz CT molecular complexity index is 518. The van der Waals surface area contributed by atoms with Crippen LogP contribution in [0, 0.1) is 0 Å². The summed E-state index contributed by atoms with van der Waals surface area (Å²) in [5.41, 5.74) is 2.91. The van der Waals surface area contributed by atoms with Crippen LogP contribution in [0.2, 0.25) is 0 Å². The monoisotopic (exact) mass is 305 g/mol. The summed E-state index contributed by atoms with van der Waals surface area (Å²) in [5.74, 6) is 0.466. The highest BCUT2D eigenvalue weighted by atomic mass is 32.2. The van der Waals surface area contributed by atoms with E-state index in [1.807, 2.05) is 0 Å². The molecule has 1 fully saturated rings. The molecule has 2 aliphatic rings. The molecule has 1 saturated carbocycles. The number of aryl methyl sites for hydroxylation is 2. The zero-order valence-corrected chi connectivity index (χ0v) is 13.1. The van der Waals surface area contributed by atoms with Crippen molar-refractivity contribution in [3.63, 3.8) is 0 Å². The Morgan fingerprint density at radius 2 is 2.00 bits per heavy atom. The fraction of sp³-hybridized carbons (Fsp3) is 0.588. The first-order valence-corrected chi connectivity index (χ1v) is 8.93. The van der Waals surface area contributed by atoms with Crippen LogP contribution < -0.4 is 5.32 Å². The lowest BCUT2D eigenvalue weighted by atomic mass is 9.93. The topological polar surface area (TPSA) is 49.3 Å². The molecule has 21 heavy (non-hydrogen) atoms. The third-order valence-corrected chi connectivity index (χ3v) is 5.51. The van der Waals surface area contributed by atoms with Crippen molar-refractivity contribution in [2.75, 3.05) is 5.75 Å². The summed E-state index contributed by atoms with van der Waals surface area (Å²) in [6.45, 7) is 0. The molecule has 1 aromatic rings. The first-order valence-electron chi connectivity index (χ1n) is 7.94. The molecule has 1 amide bonds. The third-order valence-electron chi connectivity index (χ3n) is 4.52. The minimum absolute atomic E-state index is 0.0337. The molecule has 0 aliphatic heterocycles. The zero-order valence-electron chi connectivity index (χ0n) is 12.3. The maximum atomic E-state index is 12.0. The highest BCUT2D eigenvalue weighted by molar-refractivity contribution is 8.00. The van der Waals surface area contributed by atoms with Gasteiger partial charge in [-0.1, -0.05) is 18.9 Å². The maximum absolute atomic E-state index is 12.0. The summed E-state index contributed by atoms with van der Waals surface area (Å²) in [7, 11) is 0. The lowest BCUT2D eigenvalue weighted by molar-refractivity contribution is -0.120. The number of amides is 1. The van der Waals surface area contributed by atoms with E-state index < -0.39 is 0 Å². The van der Waals surface area contributed by atoms with Gasteiger partial charge < -0.3 is 10.4 Å². The molecule has 3 rings (SSSR count). The van der Waals surface area contributed by atoms with Crippen molar-refractivity contribution in [3.8, 4) is 0 Å². The van der Waals surface area contributed by atoms with Crippen LogP contribution >= 0.6 is 11.8 Å². The lowest BCUT2D eigenvalue weighted by Crippen LogP contribution is -2.45. The lowest BCUT2D eigenvalue weighted by Gasteiger charge is -2.28. The fourth-order valence-electron chi connectivity index (χ4n) is 3.31. The van der Waals surface area contributed by atoms with Gasteiger partial charge in [0.1, 0.15) is 0 Å². The molecule has 3 nitrogen and oxygen atoms in total. The van der Waals surface area contributed by atoms with E-state index in [-0.39, 0.29) is 18.1 Å². The van der Waals surface area contributed by atoms with Gasteiger partial charge in [0.15, 0.2) is 0 Å². The van der Waals surface area contributed by atoms with Gasteiger partial charge in [-0.05, 0) is 55.4 Å². The average molecular weight is 305 g/mol. The number of fused-ring (bicyclic) bond motifs is 1. The molecule has 0 spiro atoms. The minimum Gasteiger partial charge on any atom is -0.391 e. The second-order valence-corrected chi connectivity index (χ2v) is 7.15. The van der Waals surface area contributed by atoms with Crippen LogP contribution in [0.25, 0.3) is 0 Å². The number of benzene rings is 1. The van der Waals surface area contributed by atoms with Gasteiger partial charge in [-0.3, -0.25) is 4.79 Å². The van der Waals surface area contributed by atoms with Crippen molar-refractivity contribution >= 4 is 17.7 Å². The highest BCUT2D eigenvalue weighted by Gasteiger charge is 2.24. The van der Waals surface area contributed by atoms with E-state index in [1.165, 1.54) is 35.3 Å². The molecule has 0 bridgehead atoms. The van der Waals surface area contributed by atoms with Crippen LogP contribution in [0.1, 0.15) is 43.2 Å². The second-order valence-electron chi connectivity index (χ2n) is 6.10. The Morgan fingerprint density at radius 3 is 2.86 bits per heavy atom. The van der Waals surface area contributed by atoms with Crippen molar-refractivity contribution < 1.29 is 9.90 Å². The van der Waals surface area contributed by atoms with Gasteiger partial charge in [-0.15, -0.1) is 11.8 Å². The molecule has 2 aliphatic carbocycles. The van der Waals surface area contributed by atoms with Crippen molar-refractivity contribution in [1.29, 1.82) is 0 Å². The van der Waals surface area contributed by atoms with Crippen LogP contribution in [0.15, 0.2) is 23.1 Å². The van der Waals surface area contributed by atoms with Crippen LogP contribution in [-0.4, -0.2) is 28.9 Å². The summed E-state index contributed by atoms with van der Waals surface area (Å²) < 4.78 is 0. The number of rotatable bonds is 4. The van der Waals surface area contributed by atoms with Gasteiger partial charge >= 0.3 is 0 Å². The van der Waals surface area contributed by atoms with E-state index in [9.17, 15) is 9.90 Å². The number of hydrogen-bond acceptors (Lipinski definition) is 3. The SMILES string of the molecule is O=C(CSc1ccc2c(c1)CCC2)NC1CCCCC1O. The maximum Gasteiger partial charge on any atom is 0.230 e. The molecule has 2 unspecified atom stereocenters. The molecule has 0 aromatic heterocycles. The number of hydrogen-bond donors (Lipinski definition) is 2. The number of aliphatic hydroxyl groups excluding tert-OH is 1. The van der Waals surface area contributed by atoms with Gasteiger partial charge in [0, 0.05) is 4.90 Å². The number of nitrogens with one attached hydrogen (secondary N) is 1. The Hall–Kier alpha value is -1.00. The van der Waals surface area contributed by atoms with Gasteiger partial charge in [-0.25, -0.2) is 0 Å². The first-order chi connectivity index (χ1) is 10.2. The summed E-state index contributed by atoms with van der Waals surface area (Å²) in [6.07, 6.45) is 7.12. The highest BCUT2D eigenvalue weighted by Crippen LogP contribution is 2.27. The Kier molecular flexibility index (Phi) is 4.86. The third kappa shape index (κ3) is 3.80. The number of carbonyl (C=O) groups excluding carboxylic acids is 1. The number of thioether (sulfide) groups is 1. The smallest absolute Gasteiger partial charge is 0.230 e. The van der Waals surface area contributed by atoms with E-state index in [0.717, 1.165) is 25.7 Å². The van der Waals surface area contributed by atoms with E-state index in [0.29, 0.717) is 5.75 Å². The predicted molar refractivity (Wildman–Crippen MR) is 85.6 cm³/mol. The van der Waals surface area contributed by atoms with Crippen molar-refractivity contribution in [3.05, 3.63) is 29.3 Å². The second kappa shape index (κ2) is 6.84. The molecular formula is C17H23NO2S.